The molecule has 0 saturated carbocycles. The third-order valence-corrected chi connectivity index (χ3v) is 10.9. The first-order valence-electron chi connectivity index (χ1n) is 9.16. The highest BCUT2D eigenvalue weighted by molar-refractivity contribution is 8.23. The summed E-state index contributed by atoms with van der Waals surface area (Å²) in [5, 5.41) is 2.46. The molecule has 0 radical (unpaired) electrons. The Morgan fingerprint density at radius 1 is 0.607 bits per heavy atom. The van der Waals surface area contributed by atoms with Gasteiger partial charge in [-0.3, -0.25) is 0 Å². The van der Waals surface area contributed by atoms with E-state index in [1.165, 1.54) is 26.1 Å². The summed E-state index contributed by atoms with van der Waals surface area (Å²) in [5.41, 5.74) is 2.32. The normalized spacial score (nSPS) is 18.1. The van der Waals surface area contributed by atoms with E-state index in [1.54, 1.807) is 0 Å². The van der Waals surface area contributed by atoms with Gasteiger partial charge in [-0.2, -0.15) is 0 Å². The van der Waals surface area contributed by atoms with Gasteiger partial charge in [0.1, 0.15) is 0 Å². The SMILES string of the molecule is S=P1(c2ccccc2)c2ccccc2Sc2ccccc2N1c1ccccc1. The maximum atomic E-state index is 6.66. The minimum Gasteiger partial charge on any atom is -0.304 e. The van der Waals surface area contributed by atoms with Crippen molar-refractivity contribution < 1.29 is 0 Å². The zero-order valence-electron chi connectivity index (χ0n) is 15.1. The summed E-state index contributed by atoms with van der Waals surface area (Å²) in [6.07, 6.45) is -2.32. The highest BCUT2D eigenvalue weighted by Crippen LogP contribution is 2.60. The number of nitrogens with zero attached hydrogens (tertiary/aromatic N) is 1. The molecule has 1 nitrogen and oxygen atoms in total. The number of hydrogen-bond donors (Lipinski definition) is 0. The Hall–Kier alpha value is -2.32. The van der Waals surface area contributed by atoms with Gasteiger partial charge in [0.2, 0.25) is 0 Å². The number of rotatable bonds is 2. The summed E-state index contributed by atoms with van der Waals surface area (Å²) in [6, 6.07) is 38.5. The molecule has 136 valence electrons. The standard InChI is InChI=1S/C24H18NPS2/c27-26(20-13-5-2-6-14-20)22-16-8-10-18-24(22)28-23-17-9-7-15-21(23)25(26)19-11-3-1-4-12-19/h1-18H. The van der Waals surface area contributed by atoms with Crippen LogP contribution in [-0.2, 0) is 11.8 Å². The van der Waals surface area contributed by atoms with Crippen molar-refractivity contribution in [1.82, 2.24) is 0 Å². The second-order valence-electron chi connectivity index (χ2n) is 6.60. The van der Waals surface area contributed by atoms with E-state index in [4.69, 9.17) is 11.8 Å². The molecule has 0 amide bonds. The number of para-hydroxylation sites is 2. The zero-order valence-corrected chi connectivity index (χ0v) is 17.6. The molecule has 28 heavy (non-hydrogen) atoms. The summed E-state index contributed by atoms with van der Waals surface area (Å²) in [4.78, 5) is 2.49. The van der Waals surface area contributed by atoms with E-state index in [1.807, 2.05) is 11.8 Å². The lowest BCUT2D eigenvalue weighted by atomic mass is 10.2. The van der Waals surface area contributed by atoms with Crippen molar-refractivity contribution in [2.24, 2.45) is 0 Å². The number of fused-ring (bicyclic) bond motifs is 2. The molecule has 0 spiro atoms. The van der Waals surface area contributed by atoms with Gasteiger partial charge in [-0.05, 0) is 30.3 Å². The first kappa shape index (κ1) is 17.8. The molecular formula is C24H18NPS2. The van der Waals surface area contributed by atoms with Gasteiger partial charge in [0.05, 0.1) is 11.9 Å². The Morgan fingerprint density at radius 2 is 1.18 bits per heavy atom. The summed E-state index contributed by atoms with van der Waals surface area (Å²) < 4.78 is 2.42. The first-order chi connectivity index (χ1) is 13.8. The van der Waals surface area contributed by atoms with Crippen LogP contribution in [0.3, 0.4) is 0 Å². The quantitative estimate of drug-likeness (QED) is 0.352. The molecule has 4 heteroatoms. The summed E-state index contributed by atoms with van der Waals surface area (Å²) >= 11 is 8.48. The predicted molar refractivity (Wildman–Crippen MR) is 126 cm³/mol. The number of anilines is 2. The van der Waals surface area contributed by atoms with Crippen LogP contribution >= 0.6 is 18.0 Å². The second-order valence-corrected chi connectivity index (χ2v) is 11.8. The van der Waals surface area contributed by atoms with E-state index in [0.717, 1.165) is 5.69 Å². The third-order valence-electron chi connectivity index (χ3n) is 4.89. The lowest BCUT2D eigenvalue weighted by Crippen LogP contribution is -2.29. The molecular weight excluding hydrogens is 397 g/mol. The molecule has 0 saturated heterocycles. The predicted octanol–water partition coefficient (Wildman–Crippen LogP) is 6.33. The molecule has 0 N–H and O–H groups in total. The van der Waals surface area contributed by atoms with Crippen LogP contribution in [0.4, 0.5) is 11.4 Å². The Balaban J connectivity index is 1.91. The van der Waals surface area contributed by atoms with E-state index >= 15 is 0 Å². The number of benzene rings is 4. The van der Waals surface area contributed by atoms with Gasteiger partial charge in [-0.15, -0.1) is 0 Å². The van der Waals surface area contributed by atoms with Crippen LogP contribution < -0.4 is 15.3 Å². The fourth-order valence-electron chi connectivity index (χ4n) is 3.65. The van der Waals surface area contributed by atoms with Crippen molar-refractivity contribution in [3.8, 4) is 0 Å². The maximum absolute atomic E-state index is 6.66. The van der Waals surface area contributed by atoms with Gasteiger partial charge in [0.15, 0.2) is 0 Å². The first-order valence-corrected chi connectivity index (χ1v) is 12.7. The zero-order chi connectivity index (χ0) is 19.0. The van der Waals surface area contributed by atoms with Crippen molar-refractivity contribution in [2.45, 2.75) is 9.79 Å². The maximum Gasteiger partial charge on any atom is 0.0984 e. The highest BCUT2D eigenvalue weighted by atomic mass is 32.4. The highest BCUT2D eigenvalue weighted by Gasteiger charge is 2.37. The minimum absolute atomic E-state index is 1.14. The molecule has 5 rings (SSSR count). The number of hydrogen-bond acceptors (Lipinski definition) is 2. The van der Waals surface area contributed by atoms with Crippen molar-refractivity contribution >= 4 is 51.7 Å². The topological polar surface area (TPSA) is 3.24 Å². The van der Waals surface area contributed by atoms with Gasteiger partial charge < -0.3 is 4.67 Å². The summed E-state index contributed by atoms with van der Waals surface area (Å²) in [7, 11) is 0. The van der Waals surface area contributed by atoms with Crippen LogP contribution in [0.2, 0.25) is 0 Å². The molecule has 1 atom stereocenters. The van der Waals surface area contributed by atoms with Crippen LogP contribution in [-0.4, -0.2) is 0 Å². The molecule has 1 aliphatic heterocycles. The van der Waals surface area contributed by atoms with E-state index in [2.05, 4.69) is 114 Å². The van der Waals surface area contributed by atoms with E-state index in [9.17, 15) is 0 Å². The van der Waals surface area contributed by atoms with Crippen molar-refractivity contribution in [3.63, 3.8) is 0 Å². The van der Waals surface area contributed by atoms with Crippen LogP contribution in [0.25, 0.3) is 0 Å². The summed E-state index contributed by atoms with van der Waals surface area (Å²) in [6.45, 7) is 0. The Kier molecular flexibility index (Phi) is 4.60. The molecule has 4 aromatic rings. The lowest BCUT2D eigenvalue weighted by molar-refractivity contribution is 1.33. The Bertz CT molecular complexity index is 1180. The Labute approximate surface area is 175 Å². The van der Waals surface area contributed by atoms with E-state index in [-0.39, 0.29) is 0 Å². The van der Waals surface area contributed by atoms with Crippen molar-refractivity contribution in [3.05, 3.63) is 109 Å². The van der Waals surface area contributed by atoms with Gasteiger partial charge in [0, 0.05) is 26.1 Å². The fraction of sp³-hybridized carbons (Fsp3) is 0. The average Bonchev–Trinajstić information content (AvgIpc) is 2.88. The molecule has 1 aliphatic rings. The molecule has 0 aliphatic carbocycles. The van der Waals surface area contributed by atoms with Crippen LogP contribution in [0.1, 0.15) is 0 Å². The van der Waals surface area contributed by atoms with Crippen LogP contribution in [0.15, 0.2) is 119 Å². The largest absolute Gasteiger partial charge is 0.304 e. The monoisotopic (exact) mass is 415 g/mol. The van der Waals surface area contributed by atoms with Crippen molar-refractivity contribution in [2.75, 3.05) is 4.67 Å². The lowest BCUT2D eigenvalue weighted by Gasteiger charge is -2.37. The van der Waals surface area contributed by atoms with Gasteiger partial charge in [-0.1, -0.05) is 102 Å². The second kappa shape index (κ2) is 7.25. The van der Waals surface area contributed by atoms with Gasteiger partial charge in [0.25, 0.3) is 0 Å². The van der Waals surface area contributed by atoms with Crippen molar-refractivity contribution in [1.29, 1.82) is 0 Å². The Morgan fingerprint density at radius 3 is 1.93 bits per heavy atom. The fourth-order valence-corrected chi connectivity index (χ4v) is 9.67. The van der Waals surface area contributed by atoms with E-state index < -0.39 is 6.19 Å². The molecule has 0 aromatic heterocycles. The van der Waals surface area contributed by atoms with Crippen LogP contribution in [0, 0.1) is 0 Å². The minimum atomic E-state index is -2.32. The molecule has 0 bridgehead atoms. The molecule has 1 unspecified atom stereocenters. The molecule has 0 fully saturated rings. The third kappa shape index (κ3) is 2.82. The van der Waals surface area contributed by atoms with E-state index in [0.29, 0.717) is 0 Å². The summed E-state index contributed by atoms with van der Waals surface area (Å²) in [5.74, 6) is 0. The molecule has 1 heterocycles. The van der Waals surface area contributed by atoms with Gasteiger partial charge in [-0.25, -0.2) is 0 Å². The average molecular weight is 416 g/mol. The molecule has 4 aromatic carbocycles. The van der Waals surface area contributed by atoms with Crippen LogP contribution in [0.5, 0.6) is 0 Å². The smallest absolute Gasteiger partial charge is 0.0984 e. The van der Waals surface area contributed by atoms with Gasteiger partial charge >= 0.3 is 0 Å².